The van der Waals surface area contributed by atoms with E-state index in [0.29, 0.717) is 10.0 Å². The van der Waals surface area contributed by atoms with E-state index >= 15 is 0 Å². The van der Waals surface area contributed by atoms with Crippen LogP contribution >= 0.6 is 15.9 Å². The molecule has 102 valence electrons. The van der Waals surface area contributed by atoms with Crippen molar-refractivity contribution in [3.05, 3.63) is 58.1 Å². The maximum atomic E-state index is 11.0. The number of amides is 1. The van der Waals surface area contributed by atoms with Crippen LogP contribution in [0.4, 0.5) is 11.4 Å². The number of carboxylic acid groups (broad SMARTS) is 1. The Morgan fingerprint density at radius 3 is 2.15 bits per heavy atom. The number of anilines is 2. The van der Waals surface area contributed by atoms with E-state index in [0.717, 1.165) is 11.4 Å². The van der Waals surface area contributed by atoms with Gasteiger partial charge in [0.25, 0.3) is 0 Å². The lowest BCUT2D eigenvalue weighted by molar-refractivity contribution is 0.0696. The van der Waals surface area contributed by atoms with E-state index in [1.54, 1.807) is 30.3 Å². The summed E-state index contributed by atoms with van der Waals surface area (Å²) in [5.41, 5.74) is 7.28. The molecular weight excluding hydrogens is 324 g/mol. The van der Waals surface area contributed by atoms with Crippen LogP contribution in [0.3, 0.4) is 0 Å². The molecule has 6 heteroatoms. The van der Waals surface area contributed by atoms with Gasteiger partial charge in [0.05, 0.1) is 11.3 Å². The first kappa shape index (κ1) is 14.1. The van der Waals surface area contributed by atoms with Crippen molar-refractivity contribution in [1.29, 1.82) is 0 Å². The van der Waals surface area contributed by atoms with E-state index in [9.17, 15) is 9.59 Å². The lowest BCUT2D eigenvalue weighted by Crippen LogP contribution is -2.10. The average Bonchev–Trinajstić information content (AvgIpc) is 2.41. The van der Waals surface area contributed by atoms with Gasteiger partial charge in [-0.25, -0.2) is 4.79 Å². The highest BCUT2D eigenvalue weighted by Crippen LogP contribution is 2.27. The third-order valence-corrected chi connectivity index (χ3v) is 3.32. The molecule has 0 heterocycles. The zero-order chi connectivity index (χ0) is 14.7. The standard InChI is InChI=1S/C14H11BrN2O3/c15-11-7-9(14(19)20)3-6-12(11)17-10-4-1-8(2-5-10)13(16)18/h1-7,17H,(H2,16,18)(H,19,20). The van der Waals surface area contributed by atoms with E-state index in [4.69, 9.17) is 10.8 Å². The number of primary amides is 1. The second kappa shape index (κ2) is 5.75. The number of hydrogen-bond acceptors (Lipinski definition) is 3. The van der Waals surface area contributed by atoms with Crippen LogP contribution < -0.4 is 11.1 Å². The first-order valence-electron chi connectivity index (χ1n) is 5.67. The highest BCUT2D eigenvalue weighted by atomic mass is 79.9. The number of carbonyl (C=O) groups is 2. The summed E-state index contributed by atoms with van der Waals surface area (Å²) in [4.78, 5) is 21.8. The minimum Gasteiger partial charge on any atom is -0.478 e. The molecule has 0 saturated carbocycles. The smallest absolute Gasteiger partial charge is 0.335 e. The minimum atomic E-state index is -0.983. The topological polar surface area (TPSA) is 92.4 Å². The second-order valence-corrected chi connectivity index (χ2v) is 4.92. The first-order valence-corrected chi connectivity index (χ1v) is 6.46. The van der Waals surface area contributed by atoms with Gasteiger partial charge in [0.1, 0.15) is 0 Å². The van der Waals surface area contributed by atoms with Crippen LogP contribution in [0.2, 0.25) is 0 Å². The monoisotopic (exact) mass is 334 g/mol. The molecule has 0 spiro atoms. The molecule has 0 atom stereocenters. The summed E-state index contributed by atoms with van der Waals surface area (Å²) in [6.45, 7) is 0. The Labute approximate surface area is 123 Å². The molecule has 0 fully saturated rings. The van der Waals surface area contributed by atoms with Gasteiger partial charge in [-0.15, -0.1) is 0 Å². The Balaban J connectivity index is 2.21. The largest absolute Gasteiger partial charge is 0.478 e. The molecule has 0 unspecified atom stereocenters. The van der Waals surface area contributed by atoms with Crippen molar-refractivity contribution in [3.63, 3.8) is 0 Å². The van der Waals surface area contributed by atoms with Crippen LogP contribution in [0.1, 0.15) is 20.7 Å². The van der Waals surface area contributed by atoms with Gasteiger partial charge in [-0.1, -0.05) is 0 Å². The number of rotatable bonds is 4. The lowest BCUT2D eigenvalue weighted by atomic mass is 10.2. The number of carboxylic acids is 1. The maximum absolute atomic E-state index is 11.0. The summed E-state index contributed by atoms with van der Waals surface area (Å²) in [7, 11) is 0. The number of nitrogens with one attached hydrogen (secondary N) is 1. The molecule has 0 bridgehead atoms. The third-order valence-electron chi connectivity index (χ3n) is 2.66. The molecule has 0 radical (unpaired) electrons. The third kappa shape index (κ3) is 3.16. The molecule has 2 rings (SSSR count). The minimum absolute atomic E-state index is 0.200. The van der Waals surface area contributed by atoms with Crippen molar-refractivity contribution in [3.8, 4) is 0 Å². The van der Waals surface area contributed by atoms with Crippen LogP contribution in [-0.2, 0) is 0 Å². The lowest BCUT2D eigenvalue weighted by Gasteiger charge is -2.09. The van der Waals surface area contributed by atoms with Crippen molar-refractivity contribution >= 4 is 39.2 Å². The fourth-order valence-corrected chi connectivity index (χ4v) is 2.10. The Hall–Kier alpha value is -2.34. The van der Waals surface area contributed by atoms with Crippen LogP contribution in [0.25, 0.3) is 0 Å². The van der Waals surface area contributed by atoms with Crippen LogP contribution in [0, 0.1) is 0 Å². The summed E-state index contributed by atoms with van der Waals surface area (Å²) in [5.74, 6) is -1.47. The molecule has 0 aliphatic rings. The SMILES string of the molecule is NC(=O)c1ccc(Nc2ccc(C(=O)O)cc2Br)cc1. The average molecular weight is 335 g/mol. The molecule has 2 aromatic rings. The molecule has 0 aliphatic carbocycles. The predicted molar refractivity (Wildman–Crippen MR) is 79.3 cm³/mol. The summed E-state index contributed by atoms with van der Waals surface area (Å²) >= 11 is 3.31. The second-order valence-electron chi connectivity index (χ2n) is 4.07. The highest BCUT2D eigenvalue weighted by molar-refractivity contribution is 9.10. The summed E-state index contributed by atoms with van der Waals surface area (Å²) < 4.78 is 0.636. The quantitative estimate of drug-likeness (QED) is 0.801. The van der Waals surface area contributed by atoms with Crippen molar-refractivity contribution in [2.45, 2.75) is 0 Å². The number of hydrogen-bond donors (Lipinski definition) is 3. The van der Waals surface area contributed by atoms with Crippen molar-refractivity contribution < 1.29 is 14.7 Å². The molecule has 0 aliphatic heterocycles. The predicted octanol–water partition coefficient (Wildman–Crippen LogP) is 2.99. The van der Waals surface area contributed by atoms with E-state index < -0.39 is 11.9 Å². The Bertz CT molecular complexity index is 669. The fourth-order valence-electron chi connectivity index (χ4n) is 1.62. The molecule has 0 saturated heterocycles. The Morgan fingerprint density at radius 2 is 1.65 bits per heavy atom. The molecule has 20 heavy (non-hydrogen) atoms. The number of aromatic carboxylic acids is 1. The molecule has 5 nitrogen and oxygen atoms in total. The number of benzene rings is 2. The van der Waals surface area contributed by atoms with Gasteiger partial charge >= 0.3 is 5.97 Å². The van der Waals surface area contributed by atoms with Crippen molar-refractivity contribution in [2.24, 2.45) is 5.73 Å². The van der Waals surface area contributed by atoms with Gasteiger partial charge in [-0.3, -0.25) is 4.79 Å². The molecule has 4 N–H and O–H groups in total. The Morgan fingerprint density at radius 1 is 1.05 bits per heavy atom. The summed E-state index contributed by atoms with van der Waals surface area (Å²) in [5, 5.41) is 12.0. The van der Waals surface area contributed by atoms with E-state index in [2.05, 4.69) is 21.2 Å². The van der Waals surface area contributed by atoms with Crippen LogP contribution in [0.15, 0.2) is 46.9 Å². The summed E-state index contributed by atoms with van der Waals surface area (Å²) in [6, 6.07) is 11.4. The van der Waals surface area contributed by atoms with Crippen molar-refractivity contribution in [1.82, 2.24) is 0 Å². The van der Waals surface area contributed by atoms with E-state index in [-0.39, 0.29) is 5.56 Å². The van der Waals surface area contributed by atoms with Gasteiger partial charge in [0.15, 0.2) is 0 Å². The number of nitrogens with two attached hydrogens (primary N) is 1. The number of carbonyl (C=O) groups excluding carboxylic acids is 1. The maximum Gasteiger partial charge on any atom is 0.335 e. The van der Waals surface area contributed by atoms with E-state index in [1.165, 1.54) is 12.1 Å². The zero-order valence-electron chi connectivity index (χ0n) is 10.3. The highest BCUT2D eigenvalue weighted by Gasteiger charge is 2.07. The Kier molecular flexibility index (Phi) is 4.05. The number of halogens is 1. The summed E-state index contributed by atoms with van der Waals surface area (Å²) in [6.07, 6.45) is 0. The van der Waals surface area contributed by atoms with E-state index in [1.807, 2.05) is 0 Å². The van der Waals surface area contributed by atoms with Crippen LogP contribution in [0.5, 0.6) is 0 Å². The molecule has 1 amide bonds. The normalized spacial score (nSPS) is 10.1. The van der Waals surface area contributed by atoms with Gasteiger partial charge in [0.2, 0.25) is 5.91 Å². The van der Waals surface area contributed by atoms with Gasteiger partial charge in [-0.2, -0.15) is 0 Å². The first-order chi connectivity index (χ1) is 9.47. The van der Waals surface area contributed by atoms with Crippen molar-refractivity contribution in [2.75, 3.05) is 5.32 Å². The molecule has 2 aromatic carbocycles. The van der Waals surface area contributed by atoms with Gasteiger partial charge in [0, 0.05) is 15.7 Å². The molecule has 0 aromatic heterocycles. The molecular formula is C14H11BrN2O3. The van der Waals surface area contributed by atoms with Crippen LogP contribution in [-0.4, -0.2) is 17.0 Å². The fraction of sp³-hybridized carbons (Fsp3) is 0. The van der Waals surface area contributed by atoms with Gasteiger partial charge in [-0.05, 0) is 58.4 Å². The zero-order valence-corrected chi connectivity index (χ0v) is 11.8. The van der Waals surface area contributed by atoms with Gasteiger partial charge < -0.3 is 16.2 Å².